The van der Waals surface area contributed by atoms with E-state index in [-0.39, 0.29) is 12.6 Å². The highest BCUT2D eigenvalue weighted by Crippen LogP contribution is 2.07. The van der Waals surface area contributed by atoms with Gasteiger partial charge < -0.3 is 4.74 Å². The fourth-order valence-electron chi connectivity index (χ4n) is 0.839. The molecule has 0 aliphatic heterocycles. The molecule has 0 unspecified atom stereocenters. The number of halogens is 1. The monoisotopic (exact) mass is 200 g/mol. The molecule has 0 bridgehead atoms. The molecule has 5 heteroatoms. The van der Waals surface area contributed by atoms with Gasteiger partial charge in [-0.3, -0.25) is 4.79 Å². The van der Waals surface area contributed by atoms with Crippen molar-refractivity contribution in [2.45, 2.75) is 20.5 Å². The van der Waals surface area contributed by atoms with E-state index in [1.807, 2.05) is 0 Å². The van der Waals surface area contributed by atoms with Crippen LogP contribution in [0.1, 0.15) is 18.4 Å². The Morgan fingerprint density at radius 1 is 1.62 bits per heavy atom. The number of hydrogen-bond acceptors (Lipinski definition) is 4. The average molecular weight is 201 g/mol. The first-order valence-corrected chi connectivity index (χ1v) is 4.09. The first kappa shape index (κ1) is 9.92. The van der Waals surface area contributed by atoms with Gasteiger partial charge in [0.05, 0.1) is 5.69 Å². The minimum atomic E-state index is -0.340. The van der Waals surface area contributed by atoms with E-state index in [0.717, 1.165) is 0 Å². The Bertz CT molecular complexity index is 308. The zero-order valence-corrected chi connectivity index (χ0v) is 8.13. The summed E-state index contributed by atoms with van der Waals surface area (Å²) in [6.07, 6.45) is 0. The normalized spacial score (nSPS) is 9.77. The first-order chi connectivity index (χ1) is 6.08. The molecule has 4 nitrogen and oxygen atoms in total. The van der Waals surface area contributed by atoms with E-state index in [2.05, 4.69) is 9.97 Å². The van der Waals surface area contributed by atoms with Crippen molar-refractivity contribution in [1.29, 1.82) is 0 Å². The Hall–Kier alpha value is -1.16. The van der Waals surface area contributed by atoms with Crippen LogP contribution in [0.3, 0.4) is 0 Å². The number of rotatable bonds is 2. The second-order valence-corrected chi connectivity index (χ2v) is 2.90. The minimum absolute atomic E-state index is 0.137. The van der Waals surface area contributed by atoms with Crippen LogP contribution in [0, 0.1) is 6.92 Å². The summed E-state index contributed by atoms with van der Waals surface area (Å²) in [5, 5.41) is 0.356. The topological polar surface area (TPSA) is 52.1 Å². The van der Waals surface area contributed by atoms with E-state index < -0.39 is 0 Å². The molecular formula is C8H9ClN2O2. The Kier molecular flexibility index (Phi) is 3.19. The van der Waals surface area contributed by atoms with E-state index in [9.17, 15) is 4.79 Å². The highest BCUT2D eigenvalue weighted by molar-refractivity contribution is 6.29. The van der Waals surface area contributed by atoms with Crippen molar-refractivity contribution in [3.63, 3.8) is 0 Å². The van der Waals surface area contributed by atoms with Crippen molar-refractivity contribution in [3.05, 3.63) is 22.7 Å². The van der Waals surface area contributed by atoms with Crippen molar-refractivity contribution >= 4 is 17.6 Å². The fourth-order valence-corrected chi connectivity index (χ4v) is 1.09. The summed E-state index contributed by atoms with van der Waals surface area (Å²) in [5.74, 6) is 0.224. The summed E-state index contributed by atoms with van der Waals surface area (Å²) in [6.45, 7) is 3.21. The molecule has 1 heterocycles. The smallest absolute Gasteiger partial charge is 0.303 e. The summed E-state index contributed by atoms with van der Waals surface area (Å²) < 4.78 is 4.75. The number of esters is 1. The SMILES string of the molecule is CC(=O)OCc1cc(Cl)nc(C)n1. The van der Waals surface area contributed by atoms with Gasteiger partial charge in [0.15, 0.2) is 0 Å². The third-order valence-corrected chi connectivity index (χ3v) is 1.48. The quantitative estimate of drug-likeness (QED) is 0.536. The molecule has 1 aromatic heterocycles. The van der Waals surface area contributed by atoms with Gasteiger partial charge in [-0.1, -0.05) is 11.6 Å². The number of carbonyl (C=O) groups excluding carboxylic acids is 1. The largest absolute Gasteiger partial charge is 0.459 e. The molecule has 0 amide bonds. The molecule has 13 heavy (non-hydrogen) atoms. The number of aryl methyl sites for hydroxylation is 1. The van der Waals surface area contributed by atoms with Gasteiger partial charge in [-0.05, 0) is 6.92 Å². The second kappa shape index (κ2) is 4.18. The molecule has 0 aromatic carbocycles. The zero-order valence-electron chi connectivity index (χ0n) is 7.37. The molecule has 70 valence electrons. The lowest BCUT2D eigenvalue weighted by atomic mass is 10.4. The third-order valence-electron chi connectivity index (χ3n) is 1.28. The van der Waals surface area contributed by atoms with E-state index in [4.69, 9.17) is 16.3 Å². The van der Waals surface area contributed by atoms with Crippen LogP contribution in [0.2, 0.25) is 5.15 Å². The lowest BCUT2D eigenvalue weighted by Crippen LogP contribution is -2.02. The van der Waals surface area contributed by atoms with Crippen molar-refractivity contribution in [1.82, 2.24) is 9.97 Å². The van der Waals surface area contributed by atoms with E-state index in [1.165, 1.54) is 6.92 Å². The Labute approximate surface area is 80.9 Å². The molecule has 0 fully saturated rings. The molecule has 0 aliphatic rings. The van der Waals surface area contributed by atoms with Gasteiger partial charge >= 0.3 is 5.97 Å². The van der Waals surface area contributed by atoms with E-state index >= 15 is 0 Å². The van der Waals surface area contributed by atoms with Crippen LogP contribution in [0.4, 0.5) is 0 Å². The van der Waals surface area contributed by atoms with Crippen molar-refractivity contribution < 1.29 is 9.53 Å². The zero-order chi connectivity index (χ0) is 9.84. The molecule has 0 spiro atoms. The molecule has 0 atom stereocenters. The molecule has 1 rings (SSSR count). The van der Waals surface area contributed by atoms with Gasteiger partial charge in [-0.15, -0.1) is 0 Å². The van der Waals surface area contributed by atoms with Gasteiger partial charge in [0.1, 0.15) is 17.6 Å². The Morgan fingerprint density at radius 3 is 2.85 bits per heavy atom. The third kappa shape index (κ3) is 3.38. The number of ether oxygens (including phenoxy) is 1. The first-order valence-electron chi connectivity index (χ1n) is 3.71. The maximum absolute atomic E-state index is 10.5. The summed E-state index contributed by atoms with van der Waals surface area (Å²) in [5.41, 5.74) is 0.604. The summed E-state index contributed by atoms with van der Waals surface area (Å²) in [7, 11) is 0. The highest BCUT2D eigenvalue weighted by atomic mass is 35.5. The van der Waals surface area contributed by atoms with Gasteiger partial charge in [0.2, 0.25) is 0 Å². The summed E-state index contributed by atoms with van der Waals surface area (Å²) in [4.78, 5) is 18.4. The predicted octanol–water partition coefficient (Wildman–Crippen LogP) is 1.50. The van der Waals surface area contributed by atoms with E-state index in [1.54, 1.807) is 13.0 Å². The Morgan fingerprint density at radius 2 is 2.31 bits per heavy atom. The molecule has 0 saturated heterocycles. The fraction of sp³-hybridized carbons (Fsp3) is 0.375. The van der Waals surface area contributed by atoms with Crippen molar-refractivity contribution in [3.8, 4) is 0 Å². The molecule has 1 aromatic rings. The lowest BCUT2D eigenvalue weighted by molar-refractivity contribution is -0.142. The van der Waals surface area contributed by atoms with Gasteiger partial charge in [-0.25, -0.2) is 9.97 Å². The second-order valence-electron chi connectivity index (χ2n) is 2.51. The molecular weight excluding hydrogens is 192 g/mol. The van der Waals surface area contributed by atoms with Gasteiger partial charge in [0.25, 0.3) is 0 Å². The van der Waals surface area contributed by atoms with Gasteiger partial charge in [0, 0.05) is 13.0 Å². The van der Waals surface area contributed by atoms with Gasteiger partial charge in [-0.2, -0.15) is 0 Å². The van der Waals surface area contributed by atoms with Crippen LogP contribution in [0.5, 0.6) is 0 Å². The summed E-state index contributed by atoms with van der Waals surface area (Å²) in [6, 6.07) is 1.57. The van der Waals surface area contributed by atoms with Crippen LogP contribution < -0.4 is 0 Å². The number of carbonyl (C=O) groups is 1. The van der Waals surface area contributed by atoms with Crippen molar-refractivity contribution in [2.24, 2.45) is 0 Å². The van der Waals surface area contributed by atoms with Crippen LogP contribution in [-0.4, -0.2) is 15.9 Å². The Balaban J connectivity index is 2.71. The highest BCUT2D eigenvalue weighted by Gasteiger charge is 2.01. The van der Waals surface area contributed by atoms with Crippen molar-refractivity contribution in [2.75, 3.05) is 0 Å². The molecule has 0 radical (unpaired) electrons. The van der Waals surface area contributed by atoms with Crippen LogP contribution >= 0.6 is 11.6 Å². The molecule has 0 aliphatic carbocycles. The summed E-state index contributed by atoms with van der Waals surface area (Å²) >= 11 is 5.67. The maximum atomic E-state index is 10.5. The maximum Gasteiger partial charge on any atom is 0.303 e. The number of aromatic nitrogens is 2. The number of nitrogens with zero attached hydrogens (tertiary/aromatic N) is 2. The molecule has 0 saturated carbocycles. The predicted molar refractivity (Wildman–Crippen MR) is 47.2 cm³/mol. The van der Waals surface area contributed by atoms with Crippen LogP contribution in [-0.2, 0) is 16.1 Å². The van der Waals surface area contributed by atoms with E-state index in [0.29, 0.717) is 16.7 Å². The van der Waals surface area contributed by atoms with Crippen LogP contribution in [0.25, 0.3) is 0 Å². The minimum Gasteiger partial charge on any atom is -0.459 e. The standard InChI is InChI=1S/C8H9ClN2O2/c1-5-10-7(3-8(9)11-5)4-13-6(2)12/h3H,4H2,1-2H3. The van der Waals surface area contributed by atoms with Crippen LogP contribution in [0.15, 0.2) is 6.07 Å². The number of hydrogen-bond donors (Lipinski definition) is 0. The molecule has 0 N–H and O–H groups in total. The average Bonchev–Trinajstić information content (AvgIpc) is 1.99. The lowest BCUT2D eigenvalue weighted by Gasteiger charge is -2.02.